The second-order valence-corrected chi connectivity index (χ2v) is 4.96. The van der Waals surface area contributed by atoms with Gasteiger partial charge in [-0.3, -0.25) is 9.59 Å². The largest absolute Gasteiger partial charge is 0.387 e. The molecule has 0 aliphatic heterocycles. The van der Waals surface area contributed by atoms with Gasteiger partial charge in [-0.2, -0.15) is 0 Å². The van der Waals surface area contributed by atoms with Crippen molar-refractivity contribution in [2.24, 2.45) is 0 Å². The van der Waals surface area contributed by atoms with E-state index in [2.05, 4.69) is 16.6 Å². The molecule has 0 aliphatic rings. The summed E-state index contributed by atoms with van der Waals surface area (Å²) in [5, 5.41) is 14.6. The molecule has 0 heterocycles. The summed E-state index contributed by atoms with van der Waals surface area (Å²) < 4.78 is 12.8. The zero-order valence-electron chi connectivity index (χ0n) is 12.6. The van der Waals surface area contributed by atoms with Gasteiger partial charge in [0.15, 0.2) is 0 Å². The van der Waals surface area contributed by atoms with E-state index in [0.29, 0.717) is 16.8 Å². The van der Waals surface area contributed by atoms with Crippen LogP contribution in [0.5, 0.6) is 0 Å². The molecule has 3 N–H and O–H groups in total. The van der Waals surface area contributed by atoms with Crippen molar-refractivity contribution in [3.05, 3.63) is 65.5 Å². The first-order valence-electron chi connectivity index (χ1n) is 7.09. The topological polar surface area (TPSA) is 78.4 Å². The highest BCUT2D eigenvalue weighted by Crippen LogP contribution is 2.12. The number of halogens is 1. The molecule has 0 spiro atoms. The van der Waals surface area contributed by atoms with E-state index < -0.39 is 23.7 Å². The van der Waals surface area contributed by atoms with Crippen molar-refractivity contribution in [2.45, 2.75) is 6.10 Å². The maximum atomic E-state index is 12.8. The molecule has 0 fully saturated rings. The van der Waals surface area contributed by atoms with Gasteiger partial charge in [0.25, 0.3) is 0 Å². The van der Waals surface area contributed by atoms with Crippen LogP contribution < -0.4 is 10.6 Å². The van der Waals surface area contributed by atoms with Gasteiger partial charge in [0.05, 0.1) is 6.10 Å². The van der Waals surface area contributed by atoms with Crippen LogP contribution >= 0.6 is 0 Å². The van der Waals surface area contributed by atoms with Crippen LogP contribution in [0.1, 0.15) is 17.2 Å². The molecule has 2 aromatic carbocycles. The molecule has 24 heavy (non-hydrogen) atoms. The van der Waals surface area contributed by atoms with Crippen LogP contribution in [-0.2, 0) is 9.59 Å². The normalized spacial score (nSPS) is 11.2. The van der Waals surface area contributed by atoms with Crippen molar-refractivity contribution >= 4 is 17.5 Å². The third kappa shape index (κ3) is 4.66. The predicted molar refractivity (Wildman–Crippen MR) is 87.4 cm³/mol. The van der Waals surface area contributed by atoms with Gasteiger partial charge in [-0.1, -0.05) is 24.1 Å². The highest BCUT2D eigenvalue weighted by molar-refractivity contribution is 6.39. The van der Waals surface area contributed by atoms with Gasteiger partial charge in [0.2, 0.25) is 0 Å². The second kappa shape index (κ2) is 7.90. The first-order valence-corrected chi connectivity index (χ1v) is 7.09. The van der Waals surface area contributed by atoms with Crippen LogP contribution in [0, 0.1) is 18.2 Å². The monoisotopic (exact) mass is 326 g/mol. The van der Waals surface area contributed by atoms with Crippen molar-refractivity contribution in [3.63, 3.8) is 0 Å². The quantitative estimate of drug-likeness (QED) is 0.590. The van der Waals surface area contributed by atoms with E-state index >= 15 is 0 Å². The SMILES string of the molecule is C#Cc1cccc(NC(=O)C(=O)NCC(O)c2ccc(F)cc2)c1. The summed E-state index contributed by atoms with van der Waals surface area (Å²) in [7, 11) is 0. The van der Waals surface area contributed by atoms with Gasteiger partial charge >= 0.3 is 11.8 Å². The molecule has 0 saturated heterocycles. The highest BCUT2D eigenvalue weighted by Gasteiger charge is 2.16. The Bertz CT molecular complexity index is 782. The predicted octanol–water partition coefficient (Wildman–Crippen LogP) is 1.60. The molecule has 2 aromatic rings. The first-order chi connectivity index (χ1) is 11.5. The molecule has 2 rings (SSSR count). The second-order valence-electron chi connectivity index (χ2n) is 4.96. The maximum Gasteiger partial charge on any atom is 0.313 e. The number of terminal acetylenes is 1. The number of nitrogens with one attached hydrogen (secondary N) is 2. The van der Waals surface area contributed by atoms with Gasteiger partial charge in [0.1, 0.15) is 5.82 Å². The minimum atomic E-state index is -1.05. The molecule has 0 saturated carbocycles. The minimum absolute atomic E-state index is 0.178. The average molecular weight is 326 g/mol. The summed E-state index contributed by atoms with van der Waals surface area (Å²) >= 11 is 0. The molecular formula is C18H15FN2O3. The third-order valence-electron chi connectivity index (χ3n) is 3.20. The number of carbonyl (C=O) groups excluding carboxylic acids is 2. The number of amides is 2. The Labute approximate surface area is 138 Å². The van der Waals surface area contributed by atoms with Crippen LogP contribution in [0.25, 0.3) is 0 Å². The third-order valence-corrected chi connectivity index (χ3v) is 3.20. The van der Waals surface area contributed by atoms with Gasteiger partial charge in [-0.15, -0.1) is 6.42 Å². The van der Waals surface area contributed by atoms with E-state index in [4.69, 9.17) is 6.42 Å². The van der Waals surface area contributed by atoms with E-state index in [1.54, 1.807) is 24.3 Å². The van der Waals surface area contributed by atoms with Crippen LogP contribution in [0.3, 0.4) is 0 Å². The van der Waals surface area contributed by atoms with E-state index in [-0.39, 0.29) is 6.54 Å². The molecule has 2 amide bonds. The van der Waals surface area contributed by atoms with Crippen molar-refractivity contribution in [1.82, 2.24) is 5.32 Å². The summed E-state index contributed by atoms with van der Waals surface area (Å²) in [5.41, 5.74) is 1.39. The molecule has 5 nitrogen and oxygen atoms in total. The smallest absolute Gasteiger partial charge is 0.313 e. The number of hydrogen-bond acceptors (Lipinski definition) is 3. The summed E-state index contributed by atoms with van der Waals surface area (Å²) in [4.78, 5) is 23.6. The lowest BCUT2D eigenvalue weighted by atomic mass is 10.1. The Kier molecular flexibility index (Phi) is 5.66. The van der Waals surface area contributed by atoms with Crippen molar-refractivity contribution in [1.29, 1.82) is 0 Å². The summed E-state index contributed by atoms with van der Waals surface area (Å²) in [6.45, 7) is -0.178. The lowest BCUT2D eigenvalue weighted by molar-refractivity contribution is -0.136. The Morgan fingerprint density at radius 2 is 1.88 bits per heavy atom. The Morgan fingerprint density at radius 3 is 2.54 bits per heavy atom. The Balaban J connectivity index is 1.88. The fraction of sp³-hybridized carbons (Fsp3) is 0.111. The molecule has 0 aliphatic carbocycles. The maximum absolute atomic E-state index is 12.8. The number of hydrogen-bond donors (Lipinski definition) is 3. The van der Waals surface area contributed by atoms with Crippen molar-refractivity contribution in [2.75, 3.05) is 11.9 Å². The number of carbonyl (C=O) groups is 2. The molecule has 1 unspecified atom stereocenters. The van der Waals surface area contributed by atoms with Crippen molar-refractivity contribution in [3.8, 4) is 12.3 Å². The molecule has 6 heteroatoms. The first kappa shape index (κ1) is 17.2. The van der Waals surface area contributed by atoms with Crippen molar-refractivity contribution < 1.29 is 19.1 Å². The number of anilines is 1. The molecule has 0 aromatic heterocycles. The van der Waals surface area contributed by atoms with E-state index in [1.165, 1.54) is 24.3 Å². The zero-order valence-corrected chi connectivity index (χ0v) is 12.6. The number of benzene rings is 2. The van der Waals surface area contributed by atoms with Crippen LogP contribution in [0.4, 0.5) is 10.1 Å². The fourth-order valence-corrected chi connectivity index (χ4v) is 1.95. The van der Waals surface area contributed by atoms with Gasteiger partial charge in [0, 0.05) is 17.8 Å². The Morgan fingerprint density at radius 1 is 1.17 bits per heavy atom. The Hall–Kier alpha value is -3.17. The van der Waals surface area contributed by atoms with Crippen LogP contribution in [0.2, 0.25) is 0 Å². The standard InChI is InChI=1S/C18H15FN2O3/c1-2-12-4-3-5-15(10-12)21-18(24)17(23)20-11-16(22)13-6-8-14(19)9-7-13/h1,3-10,16,22H,11H2,(H,20,23)(H,21,24). The summed E-state index contributed by atoms with van der Waals surface area (Å²) in [6.07, 6.45) is 4.21. The molecule has 0 bridgehead atoms. The van der Waals surface area contributed by atoms with Crippen LogP contribution in [0.15, 0.2) is 48.5 Å². The van der Waals surface area contributed by atoms with E-state index in [0.717, 1.165) is 0 Å². The summed E-state index contributed by atoms with van der Waals surface area (Å²) in [6, 6.07) is 11.7. The molecule has 122 valence electrons. The van der Waals surface area contributed by atoms with Gasteiger partial charge < -0.3 is 15.7 Å². The highest BCUT2D eigenvalue weighted by atomic mass is 19.1. The average Bonchev–Trinajstić information content (AvgIpc) is 2.60. The molecule has 1 atom stereocenters. The van der Waals surface area contributed by atoms with Crippen LogP contribution in [-0.4, -0.2) is 23.5 Å². The number of rotatable bonds is 4. The van der Waals surface area contributed by atoms with Gasteiger partial charge in [-0.25, -0.2) is 4.39 Å². The minimum Gasteiger partial charge on any atom is -0.387 e. The lowest BCUT2D eigenvalue weighted by Crippen LogP contribution is -2.37. The molecule has 0 radical (unpaired) electrons. The van der Waals surface area contributed by atoms with E-state index in [1.807, 2.05) is 0 Å². The zero-order chi connectivity index (χ0) is 17.5. The lowest BCUT2D eigenvalue weighted by Gasteiger charge is -2.12. The van der Waals surface area contributed by atoms with E-state index in [9.17, 15) is 19.1 Å². The molecular weight excluding hydrogens is 311 g/mol. The number of aliphatic hydroxyl groups excluding tert-OH is 1. The number of aliphatic hydroxyl groups is 1. The van der Waals surface area contributed by atoms with Gasteiger partial charge in [-0.05, 0) is 35.9 Å². The summed E-state index contributed by atoms with van der Waals surface area (Å²) in [5.74, 6) is 0.213. The fourth-order valence-electron chi connectivity index (χ4n) is 1.95.